The molecule has 0 saturated heterocycles. The Morgan fingerprint density at radius 3 is 2.32 bits per heavy atom. The molecule has 0 N–H and O–H groups in total. The van der Waals surface area contributed by atoms with Crippen molar-refractivity contribution in [2.75, 3.05) is 0 Å². The van der Waals surface area contributed by atoms with Crippen molar-refractivity contribution < 1.29 is 4.73 Å². The fraction of sp³-hybridized carbons (Fsp3) is 0.267. The minimum absolute atomic E-state index is 0.303. The molecular formula is C15H17N3O. The Morgan fingerprint density at radius 2 is 1.58 bits per heavy atom. The van der Waals surface area contributed by atoms with Gasteiger partial charge in [0.2, 0.25) is 0 Å². The molecule has 0 amide bonds. The van der Waals surface area contributed by atoms with Crippen LogP contribution in [0.3, 0.4) is 0 Å². The van der Waals surface area contributed by atoms with E-state index in [-0.39, 0.29) is 0 Å². The van der Waals surface area contributed by atoms with Gasteiger partial charge < -0.3 is 5.21 Å². The van der Waals surface area contributed by atoms with Gasteiger partial charge in [-0.05, 0) is 67.7 Å². The zero-order valence-electron chi connectivity index (χ0n) is 11.6. The molecule has 4 heteroatoms. The average Bonchev–Trinajstić information content (AvgIpc) is 2.37. The molecule has 0 spiro atoms. The van der Waals surface area contributed by atoms with Crippen LogP contribution in [0.1, 0.15) is 22.4 Å². The molecule has 0 radical (unpaired) electrons. The molecule has 19 heavy (non-hydrogen) atoms. The summed E-state index contributed by atoms with van der Waals surface area (Å²) in [6, 6.07) is 9.25. The molecule has 1 heterocycles. The topological polar surface area (TPSA) is 51.7 Å². The zero-order valence-corrected chi connectivity index (χ0v) is 11.6. The molecule has 0 aliphatic heterocycles. The first kappa shape index (κ1) is 13.2. The van der Waals surface area contributed by atoms with Gasteiger partial charge in [-0.25, -0.2) is 4.73 Å². The van der Waals surface area contributed by atoms with Crippen molar-refractivity contribution in [2.24, 2.45) is 10.2 Å². The molecule has 0 aliphatic rings. The summed E-state index contributed by atoms with van der Waals surface area (Å²) in [5, 5.41) is 20.0. The van der Waals surface area contributed by atoms with E-state index in [1.807, 2.05) is 19.9 Å². The number of pyridine rings is 1. The average molecular weight is 255 g/mol. The van der Waals surface area contributed by atoms with Crippen molar-refractivity contribution >= 4 is 11.5 Å². The fourth-order valence-corrected chi connectivity index (χ4v) is 1.82. The van der Waals surface area contributed by atoms with Crippen molar-refractivity contribution in [3.8, 4) is 0 Å². The number of azo groups is 1. The highest BCUT2D eigenvalue weighted by Gasteiger charge is 2.07. The minimum Gasteiger partial charge on any atom is -0.710 e. The summed E-state index contributed by atoms with van der Waals surface area (Å²) in [6.45, 7) is 7.83. The lowest BCUT2D eigenvalue weighted by molar-refractivity contribution is -0.598. The number of hydrogen-bond acceptors (Lipinski definition) is 3. The van der Waals surface area contributed by atoms with Crippen molar-refractivity contribution in [1.82, 2.24) is 0 Å². The normalized spacial score (nSPS) is 11.2. The van der Waals surface area contributed by atoms with Crippen LogP contribution < -0.4 is 4.73 Å². The summed E-state index contributed by atoms with van der Waals surface area (Å²) >= 11 is 0. The van der Waals surface area contributed by atoms with Gasteiger partial charge >= 0.3 is 5.82 Å². The molecule has 0 bridgehead atoms. The van der Waals surface area contributed by atoms with Crippen LogP contribution in [-0.4, -0.2) is 0 Å². The molecule has 2 rings (SSSR count). The van der Waals surface area contributed by atoms with Crippen LogP contribution in [0.5, 0.6) is 0 Å². The predicted octanol–water partition coefficient (Wildman–Crippen LogP) is 3.97. The van der Waals surface area contributed by atoms with Gasteiger partial charge in [0, 0.05) is 6.07 Å². The molecule has 4 nitrogen and oxygen atoms in total. The lowest BCUT2D eigenvalue weighted by Crippen LogP contribution is -2.29. The van der Waals surface area contributed by atoms with Gasteiger partial charge in [-0.2, -0.15) is 0 Å². The van der Waals surface area contributed by atoms with Gasteiger partial charge in [0.05, 0.1) is 5.11 Å². The maximum absolute atomic E-state index is 11.8. The third-order valence-electron chi connectivity index (χ3n) is 3.18. The molecule has 0 fully saturated rings. The Kier molecular flexibility index (Phi) is 3.60. The molecule has 98 valence electrons. The fourth-order valence-electron chi connectivity index (χ4n) is 1.82. The number of aryl methyl sites for hydroxylation is 4. The van der Waals surface area contributed by atoms with Gasteiger partial charge in [-0.1, -0.05) is 6.07 Å². The van der Waals surface area contributed by atoms with Crippen LogP contribution >= 0.6 is 0 Å². The van der Waals surface area contributed by atoms with Crippen LogP contribution in [0, 0.1) is 32.9 Å². The van der Waals surface area contributed by atoms with E-state index < -0.39 is 0 Å². The van der Waals surface area contributed by atoms with Gasteiger partial charge in [0.1, 0.15) is 11.4 Å². The maximum Gasteiger partial charge on any atom is 0.353 e. The molecule has 1 aromatic heterocycles. The van der Waals surface area contributed by atoms with E-state index >= 15 is 0 Å². The van der Waals surface area contributed by atoms with E-state index in [9.17, 15) is 5.21 Å². The van der Waals surface area contributed by atoms with Crippen molar-refractivity contribution in [3.63, 3.8) is 0 Å². The molecule has 0 atom stereocenters. The number of nitrogens with zero attached hydrogens (tertiary/aromatic N) is 3. The summed E-state index contributed by atoms with van der Waals surface area (Å²) in [5.41, 5.74) is 4.85. The van der Waals surface area contributed by atoms with Crippen LogP contribution in [0.15, 0.2) is 40.6 Å². The van der Waals surface area contributed by atoms with E-state index in [0.717, 1.165) is 16.0 Å². The molecule has 0 unspecified atom stereocenters. The third kappa shape index (κ3) is 2.78. The number of rotatable bonds is 2. The first-order valence-electron chi connectivity index (χ1n) is 6.18. The Morgan fingerprint density at radius 1 is 0.895 bits per heavy atom. The van der Waals surface area contributed by atoms with Gasteiger partial charge in [-0.3, -0.25) is 0 Å². The van der Waals surface area contributed by atoms with Crippen molar-refractivity contribution in [3.05, 3.63) is 57.9 Å². The van der Waals surface area contributed by atoms with Gasteiger partial charge in [0.25, 0.3) is 0 Å². The Hall–Kier alpha value is -2.23. The lowest BCUT2D eigenvalue weighted by atomic mass is 10.1. The molecule has 1 aromatic carbocycles. The molecular weight excluding hydrogens is 238 g/mol. The summed E-state index contributed by atoms with van der Waals surface area (Å²) in [5.74, 6) is 0.303. The first-order chi connectivity index (χ1) is 8.99. The second-order valence-electron chi connectivity index (χ2n) is 4.74. The highest BCUT2D eigenvalue weighted by molar-refractivity contribution is 5.50. The van der Waals surface area contributed by atoms with Crippen LogP contribution in [0.25, 0.3) is 0 Å². The predicted molar refractivity (Wildman–Crippen MR) is 75.0 cm³/mol. The lowest BCUT2D eigenvalue weighted by Gasteiger charge is -2.06. The number of hydrogen-bond donors (Lipinski definition) is 0. The smallest absolute Gasteiger partial charge is 0.353 e. The van der Waals surface area contributed by atoms with E-state index in [0.29, 0.717) is 11.5 Å². The van der Waals surface area contributed by atoms with E-state index in [1.165, 1.54) is 11.1 Å². The summed E-state index contributed by atoms with van der Waals surface area (Å²) in [7, 11) is 0. The minimum atomic E-state index is 0.303. The Bertz CT molecular complexity index is 648. The Balaban J connectivity index is 2.38. The van der Waals surface area contributed by atoms with Crippen molar-refractivity contribution in [1.29, 1.82) is 0 Å². The van der Waals surface area contributed by atoms with Crippen LogP contribution in [0.4, 0.5) is 11.5 Å². The summed E-state index contributed by atoms with van der Waals surface area (Å²) < 4.78 is 0.778. The molecule has 2 aromatic rings. The SMILES string of the molecule is Cc1cc(C)c(N=Nc2cccc(C)[n+]2[O-])cc1C. The second-order valence-corrected chi connectivity index (χ2v) is 4.74. The van der Waals surface area contributed by atoms with Crippen molar-refractivity contribution in [2.45, 2.75) is 27.7 Å². The van der Waals surface area contributed by atoms with Crippen LogP contribution in [-0.2, 0) is 0 Å². The molecule has 0 saturated carbocycles. The third-order valence-corrected chi connectivity index (χ3v) is 3.18. The first-order valence-corrected chi connectivity index (χ1v) is 6.18. The summed E-state index contributed by atoms with van der Waals surface area (Å²) in [6.07, 6.45) is 0. The summed E-state index contributed by atoms with van der Waals surface area (Å²) in [4.78, 5) is 0. The van der Waals surface area contributed by atoms with Gasteiger partial charge in [-0.15, -0.1) is 0 Å². The second kappa shape index (κ2) is 5.18. The molecule has 0 aliphatic carbocycles. The number of aromatic nitrogens is 1. The van der Waals surface area contributed by atoms with E-state index in [1.54, 1.807) is 25.1 Å². The largest absolute Gasteiger partial charge is 0.710 e. The quantitative estimate of drug-likeness (QED) is 0.455. The highest BCUT2D eigenvalue weighted by atomic mass is 16.5. The highest BCUT2D eigenvalue weighted by Crippen LogP contribution is 2.24. The number of benzene rings is 1. The monoisotopic (exact) mass is 255 g/mol. The van der Waals surface area contributed by atoms with E-state index in [2.05, 4.69) is 23.2 Å². The maximum atomic E-state index is 11.8. The van der Waals surface area contributed by atoms with Gasteiger partial charge in [0.15, 0.2) is 0 Å². The van der Waals surface area contributed by atoms with Crippen LogP contribution in [0.2, 0.25) is 0 Å². The van der Waals surface area contributed by atoms with E-state index in [4.69, 9.17) is 0 Å². The Labute approximate surface area is 113 Å². The zero-order chi connectivity index (χ0) is 14.0. The standard InChI is InChI=1S/C15H17N3O/c1-10-8-12(3)14(9-11(10)2)16-17-15-7-5-6-13(4)18(15)19/h5-9H,1-4H3.